The van der Waals surface area contributed by atoms with E-state index in [1.807, 2.05) is 18.2 Å². The van der Waals surface area contributed by atoms with E-state index < -0.39 is 37.6 Å². The number of benzene rings is 3. The molecule has 0 spiro atoms. The van der Waals surface area contributed by atoms with E-state index in [1.165, 1.54) is 18.2 Å². The molecule has 4 nitrogen and oxygen atoms in total. The van der Waals surface area contributed by atoms with Gasteiger partial charge in [0.2, 0.25) is 9.84 Å². The Morgan fingerprint density at radius 2 is 1.75 bits per heavy atom. The van der Waals surface area contributed by atoms with Gasteiger partial charge in [0.1, 0.15) is 16.5 Å². The van der Waals surface area contributed by atoms with E-state index in [9.17, 15) is 26.0 Å². The quantitative estimate of drug-likeness (QED) is 0.533. The lowest BCUT2D eigenvalue weighted by atomic mass is 10.00. The van der Waals surface area contributed by atoms with Crippen molar-refractivity contribution in [3.05, 3.63) is 88.7 Å². The first-order chi connectivity index (χ1) is 15.0. The molecule has 0 radical (unpaired) electrons. The number of halogens is 4. The van der Waals surface area contributed by atoms with Gasteiger partial charge in [-0.25, -0.2) is 12.8 Å². The molecule has 1 aliphatic rings. The predicted octanol–water partition coefficient (Wildman–Crippen LogP) is 5.09. The van der Waals surface area contributed by atoms with Crippen LogP contribution >= 0.6 is 0 Å². The van der Waals surface area contributed by atoms with E-state index in [1.54, 1.807) is 0 Å². The maximum atomic E-state index is 14.3. The zero-order chi connectivity index (χ0) is 23.1. The molecule has 0 fully saturated rings. The number of aryl methyl sites for hydroxylation is 1. The Morgan fingerprint density at radius 3 is 2.47 bits per heavy atom. The van der Waals surface area contributed by atoms with Crippen molar-refractivity contribution in [3.63, 3.8) is 0 Å². The second-order valence-corrected chi connectivity index (χ2v) is 9.49. The van der Waals surface area contributed by atoms with Gasteiger partial charge in [-0.2, -0.15) is 0 Å². The molecular weight excluding hydrogens is 446 g/mol. The van der Waals surface area contributed by atoms with Crippen LogP contribution < -0.4 is 10.5 Å². The number of hydrogen-bond donors (Lipinski definition) is 1. The van der Waals surface area contributed by atoms with Crippen molar-refractivity contribution in [1.29, 1.82) is 0 Å². The molecule has 0 amide bonds. The third-order valence-electron chi connectivity index (χ3n) is 5.41. The van der Waals surface area contributed by atoms with Gasteiger partial charge in [-0.15, -0.1) is 13.2 Å². The normalized spacial score (nSPS) is 16.1. The monoisotopic (exact) mass is 465 g/mol. The molecule has 0 aromatic heterocycles. The van der Waals surface area contributed by atoms with E-state index in [-0.39, 0.29) is 18.0 Å². The first-order valence-electron chi connectivity index (χ1n) is 9.80. The van der Waals surface area contributed by atoms with E-state index >= 15 is 0 Å². The molecular formula is C23H19F4NO3S. The molecule has 168 valence electrons. The first-order valence-corrected chi connectivity index (χ1v) is 11.3. The summed E-state index contributed by atoms with van der Waals surface area (Å²) < 4.78 is 82.8. The van der Waals surface area contributed by atoms with Gasteiger partial charge in [-0.1, -0.05) is 36.4 Å². The molecule has 0 bridgehead atoms. The summed E-state index contributed by atoms with van der Waals surface area (Å²) >= 11 is 0. The SMILES string of the molecule is NC1CCc2cc(Cc3ccc(OC(F)(F)F)cc3S(=O)(=O)c3ccccc3F)ccc21. The molecule has 3 aromatic carbocycles. The highest BCUT2D eigenvalue weighted by Crippen LogP contribution is 2.34. The van der Waals surface area contributed by atoms with Crippen LogP contribution in [0.5, 0.6) is 5.75 Å². The molecule has 4 rings (SSSR count). The summed E-state index contributed by atoms with van der Waals surface area (Å²) in [5, 5.41) is 0. The summed E-state index contributed by atoms with van der Waals surface area (Å²) in [6.45, 7) is 0. The molecule has 1 unspecified atom stereocenters. The summed E-state index contributed by atoms with van der Waals surface area (Å²) in [6, 6.07) is 13.4. The second-order valence-electron chi connectivity index (χ2n) is 7.61. The van der Waals surface area contributed by atoms with E-state index in [4.69, 9.17) is 5.73 Å². The van der Waals surface area contributed by atoms with Gasteiger partial charge < -0.3 is 10.5 Å². The third-order valence-corrected chi connectivity index (χ3v) is 7.28. The average molecular weight is 465 g/mol. The van der Waals surface area contributed by atoms with E-state index in [2.05, 4.69) is 4.74 Å². The molecule has 2 N–H and O–H groups in total. The fraction of sp³-hybridized carbons (Fsp3) is 0.217. The zero-order valence-corrected chi connectivity index (χ0v) is 17.5. The predicted molar refractivity (Wildman–Crippen MR) is 109 cm³/mol. The summed E-state index contributed by atoms with van der Waals surface area (Å²) in [7, 11) is -4.46. The standard InChI is InChI=1S/C23H19F4NO3S/c24-19-3-1-2-4-21(19)32(29,30)22-13-17(31-23(25,26)27)8-6-16(22)12-14-5-9-18-15(11-14)7-10-20(18)28/h1-6,8-9,11,13,20H,7,10,12,28H2. The van der Waals surface area contributed by atoms with Crippen molar-refractivity contribution in [3.8, 4) is 5.75 Å². The van der Waals surface area contributed by atoms with Crippen LogP contribution in [-0.2, 0) is 22.7 Å². The number of alkyl halides is 3. The third kappa shape index (κ3) is 4.49. The topological polar surface area (TPSA) is 69.4 Å². The Balaban J connectivity index is 1.79. The smallest absolute Gasteiger partial charge is 0.406 e. The van der Waals surface area contributed by atoms with Crippen LogP contribution in [0.1, 0.15) is 34.7 Å². The maximum absolute atomic E-state index is 14.3. The Hall–Kier alpha value is -2.91. The molecule has 32 heavy (non-hydrogen) atoms. The van der Waals surface area contributed by atoms with E-state index in [0.717, 1.165) is 53.8 Å². The van der Waals surface area contributed by atoms with E-state index in [0.29, 0.717) is 0 Å². The Morgan fingerprint density at radius 1 is 1.00 bits per heavy atom. The lowest BCUT2D eigenvalue weighted by Gasteiger charge is -2.15. The molecule has 0 heterocycles. The summed E-state index contributed by atoms with van der Waals surface area (Å²) in [6.07, 6.45) is -3.27. The largest absolute Gasteiger partial charge is 0.573 e. The van der Waals surface area contributed by atoms with Gasteiger partial charge in [0.15, 0.2) is 0 Å². The summed E-state index contributed by atoms with van der Waals surface area (Å²) in [5.74, 6) is -1.69. The molecule has 9 heteroatoms. The minimum Gasteiger partial charge on any atom is -0.406 e. The van der Waals surface area contributed by atoms with Gasteiger partial charge in [0.05, 0.1) is 4.90 Å². The minimum atomic E-state index is -5.00. The lowest BCUT2D eigenvalue weighted by molar-refractivity contribution is -0.274. The van der Waals surface area contributed by atoms with Crippen LogP contribution in [0.3, 0.4) is 0 Å². The van der Waals surface area contributed by atoms with Crippen LogP contribution in [0, 0.1) is 5.82 Å². The second kappa shape index (κ2) is 8.22. The number of sulfone groups is 1. The molecule has 0 aliphatic heterocycles. The molecule has 0 saturated carbocycles. The van der Waals surface area contributed by atoms with Gasteiger partial charge in [-0.05, 0) is 65.8 Å². The highest BCUT2D eigenvalue weighted by molar-refractivity contribution is 7.91. The van der Waals surface area contributed by atoms with Crippen molar-refractivity contribution >= 4 is 9.84 Å². The Labute approximate surface area is 182 Å². The highest BCUT2D eigenvalue weighted by atomic mass is 32.2. The van der Waals surface area contributed by atoms with Crippen LogP contribution in [0.15, 0.2) is 70.5 Å². The van der Waals surface area contributed by atoms with Crippen LogP contribution in [0.25, 0.3) is 0 Å². The number of ether oxygens (including phenoxy) is 1. The maximum Gasteiger partial charge on any atom is 0.573 e. The molecule has 1 aliphatic carbocycles. The fourth-order valence-electron chi connectivity index (χ4n) is 3.94. The minimum absolute atomic E-state index is 0.0464. The fourth-order valence-corrected chi connectivity index (χ4v) is 5.52. The average Bonchev–Trinajstić information content (AvgIpc) is 3.08. The zero-order valence-electron chi connectivity index (χ0n) is 16.7. The number of fused-ring (bicyclic) bond motifs is 1. The van der Waals surface area contributed by atoms with Crippen LogP contribution in [-0.4, -0.2) is 14.8 Å². The van der Waals surface area contributed by atoms with Gasteiger partial charge in [0, 0.05) is 6.04 Å². The number of hydrogen-bond acceptors (Lipinski definition) is 4. The van der Waals surface area contributed by atoms with Crippen molar-refractivity contribution in [2.24, 2.45) is 5.73 Å². The summed E-state index contributed by atoms with van der Waals surface area (Å²) in [5.41, 5.74) is 9.14. The first kappa shape index (κ1) is 22.3. The highest BCUT2D eigenvalue weighted by Gasteiger charge is 2.33. The molecule has 0 saturated heterocycles. The Kier molecular flexibility index (Phi) is 5.72. The summed E-state index contributed by atoms with van der Waals surface area (Å²) in [4.78, 5) is -1.06. The van der Waals surface area contributed by atoms with Crippen molar-refractivity contribution in [1.82, 2.24) is 0 Å². The van der Waals surface area contributed by atoms with Crippen molar-refractivity contribution in [2.75, 3.05) is 0 Å². The number of rotatable bonds is 5. The lowest BCUT2D eigenvalue weighted by Crippen LogP contribution is -2.18. The number of nitrogens with two attached hydrogens (primary N) is 1. The van der Waals surface area contributed by atoms with Crippen LogP contribution in [0.4, 0.5) is 17.6 Å². The van der Waals surface area contributed by atoms with Crippen molar-refractivity contribution < 1.29 is 30.7 Å². The van der Waals surface area contributed by atoms with Crippen molar-refractivity contribution in [2.45, 2.75) is 41.5 Å². The molecule has 1 atom stereocenters. The van der Waals surface area contributed by atoms with Gasteiger partial charge in [0.25, 0.3) is 0 Å². The van der Waals surface area contributed by atoms with Gasteiger partial charge in [-0.3, -0.25) is 0 Å². The van der Waals surface area contributed by atoms with Gasteiger partial charge >= 0.3 is 6.36 Å². The Bertz CT molecular complexity index is 1270. The molecule has 3 aromatic rings. The van der Waals surface area contributed by atoms with Crippen LogP contribution in [0.2, 0.25) is 0 Å².